The van der Waals surface area contributed by atoms with E-state index in [1.54, 1.807) is 6.07 Å². The minimum Gasteiger partial charge on any atom is -0.464 e. The molecule has 1 amide bonds. The molecule has 1 saturated heterocycles. The van der Waals surface area contributed by atoms with E-state index in [1.807, 2.05) is 0 Å². The van der Waals surface area contributed by atoms with Crippen LogP contribution in [0.4, 0.5) is 28.9 Å². The van der Waals surface area contributed by atoms with Crippen LogP contribution in [-0.2, 0) is 15.7 Å². The normalized spacial score (nSPS) is 15.0. The number of hydrogen-bond acceptors (Lipinski definition) is 9. The number of amides is 1. The topological polar surface area (TPSA) is 107 Å². The average molecular weight is 602 g/mol. The van der Waals surface area contributed by atoms with Crippen molar-refractivity contribution in [1.82, 2.24) is 15.2 Å². The number of halogens is 4. The summed E-state index contributed by atoms with van der Waals surface area (Å²) in [5.74, 6) is -3.22. The third kappa shape index (κ3) is 6.33. The van der Waals surface area contributed by atoms with Crippen molar-refractivity contribution >= 4 is 34.6 Å². The second-order valence-corrected chi connectivity index (χ2v) is 10.1. The first kappa shape index (κ1) is 28.9. The van der Waals surface area contributed by atoms with Gasteiger partial charge >= 0.3 is 12.1 Å². The second-order valence-electron chi connectivity index (χ2n) is 9.28. The zero-order chi connectivity index (χ0) is 29.9. The molecular weight excluding hydrogens is 578 g/mol. The fraction of sp³-hybridized carbons (Fsp3) is 0.250. The van der Waals surface area contributed by atoms with Gasteiger partial charge in [-0.2, -0.15) is 23.4 Å². The standard InChI is InChI=1S/C28H23F4N5O4S/c1-16(38)40-14-18-5-4-12-37(18)25-20(35-26(39)21-15-42-27(36-21)17-10-11-33-34-13-17)8-9-23(24(25)28(30,31)32)41-22-7-3-2-6-19(22)29/h2-3,6-11,13,15,18H,4-5,12,14H2,1H3,(H,35,39)/t18-/m1/s1. The largest absolute Gasteiger partial charge is 0.464 e. The summed E-state index contributed by atoms with van der Waals surface area (Å²) in [6.07, 6.45) is -1.10. The fourth-order valence-corrected chi connectivity index (χ4v) is 5.40. The van der Waals surface area contributed by atoms with Gasteiger partial charge in [-0.3, -0.25) is 9.59 Å². The lowest BCUT2D eigenvalue weighted by Gasteiger charge is -2.32. The van der Waals surface area contributed by atoms with Gasteiger partial charge in [0.05, 0.1) is 29.8 Å². The molecule has 1 N–H and O–H groups in total. The Bertz CT molecular complexity index is 1600. The number of nitrogens with one attached hydrogen (secondary N) is 1. The highest BCUT2D eigenvalue weighted by atomic mass is 32.1. The zero-order valence-electron chi connectivity index (χ0n) is 22.0. The second kappa shape index (κ2) is 12.1. The number of esters is 1. The van der Waals surface area contributed by atoms with Gasteiger partial charge in [-0.05, 0) is 43.2 Å². The van der Waals surface area contributed by atoms with Gasteiger partial charge in [0, 0.05) is 24.4 Å². The fourth-order valence-electron chi connectivity index (χ4n) is 4.61. The molecule has 0 bridgehead atoms. The maximum atomic E-state index is 14.8. The third-order valence-electron chi connectivity index (χ3n) is 6.44. The summed E-state index contributed by atoms with van der Waals surface area (Å²) in [6, 6.07) is 8.43. The van der Waals surface area contributed by atoms with Gasteiger partial charge in [0.25, 0.3) is 5.91 Å². The first-order valence-corrected chi connectivity index (χ1v) is 13.6. The minimum atomic E-state index is -4.98. The number of carbonyl (C=O) groups is 2. The van der Waals surface area contributed by atoms with E-state index in [0.717, 1.165) is 23.5 Å². The summed E-state index contributed by atoms with van der Waals surface area (Å²) < 4.78 is 69.4. The van der Waals surface area contributed by atoms with Gasteiger partial charge in [0.2, 0.25) is 0 Å². The maximum absolute atomic E-state index is 14.8. The van der Waals surface area contributed by atoms with Gasteiger partial charge in [-0.1, -0.05) is 12.1 Å². The average Bonchev–Trinajstić information content (AvgIpc) is 3.64. The Kier molecular flexibility index (Phi) is 8.34. The Labute approximate surface area is 241 Å². The van der Waals surface area contributed by atoms with E-state index in [-0.39, 0.29) is 30.2 Å². The van der Waals surface area contributed by atoms with Gasteiger partial charge in [0.15, 0.2) is 11.6 Å². The number of thiazole rings is 1. The van der Waals surface area contributed by atoms with Crippen LogP contribution in [0.25, 0.3) is 10.6 Å². The van der Waals surface area contributed by atoms with E-state index in [1.165, 1.54) is 53.9 Å². The molecule has 9 nitrogen and oxygen atoms in total. The Morgan fingerprint density at radius 3 is 2.64 bits per heavy atom. The SMILES string of the molecule is CC(=O)OC[C@H]1CCCN1c1c(NC(=O)c2csc(-c3ccnnc3)n2)ccc(Oc2ccccc2F)c1C(F)(F)F. The molecular formula is C28H23F4N5O4S. The first-order valence-electron chi connectivity index (χ1n) is 12.7. The molecule has 5 rings (SSSR count). The summed E-state index contributed by atoms with van der Waals surface area (Å²) in [5.41, 5.74) is -1.15. The van der Waals surface area contributed by atoms with Gasteiger partial charge in [-0.15, -0.1) is 11.3 Å². The molecule has 3 heterocycles. The van der Waals surface area contributed by atoms with Crippen LogP contribution in [0.15, 0.2) is 60.2 Å². The number of rotatable bonds is 8. The molecule has 218 valence electrons. The number of alkyl halides is 3. The van der Waals surface area contributed by atoms with Crippen LogP contribution in [0.2, 0.25) is 0 Å². The molecule has 1 aliphatic heterocycles. The molecule has 1 atom stereocenters. The highest BCUT2D eigenvalue weighted by Crippen LogP contribution is 2.49. The van der Waals surface area contributed by atoms with Crippen LogP contribution < -0.4 is 15.0 Å². The van der Waals surface area contributed by atoms with E-state index >= 15 is 0 Å². The van der Waals surface area contributed by atoms with Crippen molar-refractivity contribution < 1.29 is 36.6 Å². The van der Waals surface area contributed by atoms with Crippen molar-refractivity contribution in [1.29, 1.82) is 0 Å². The van der Waals surface area contributed by atoms with E-state index in [0.29, 0.717) is 23.4 Å². The zero-order valence-corrected chi connectivity index (χ0v) is 22.8. The van der Waals surface area contributed by atoms with Crippen molar-refractivity contribution in [2.75, 3.05) is 23.4 Å². The monoisotopic (exact) mass is 601 g/mol. The maximum Gasteiger partial charge on any atom is 0.422 e. The number of ether oxygens (including phenoxy) is 2. The predicted molar refractivity (Wildman–Crippen MR) is 146 cm³/mol. The Hall–Kier alpha value is -4.59. The molecule has 0 unspecified atom stereocenters. The molecule has 2 aromatic heterocycles. The number of aromatic nitrogens is 3. The first-order chi connectivity index (χ1) is 20.1. The summed E-state index contributed by atoms with van der Waals surface area (Å²) in [4.78, 5) is 30.5. The summed E-state index contributed by atoms with van der Waals surface area (Å²) in [6.45, 7) is 1.23. The lowest BCUT2D eigenvalue weighted by Crippen LogP contribution is -2.36. The van der Waals surface area contributed by atoms with Crippen LogP contribution in [0, 0.1) is 5.82 Å². The molecule has 42 heavy (non-hydrogen) atoms. The molecule has 4 aromatic rings. The van der Waals surface area contributed by atoms with Crippen molar-refractivity contribution in [2.24, 2.45) is 0 Å². The number of hydrogen-bond donors (Lipinski definition) is 1. The summed E-state index contributed by atoms with van der Waals surface area (Å²) in [5, 5.41) is 12.0. The number of benzene rings is 2. The van der Waals surface area contributed by atoms with Crippen LogP contribution in [0.1, 0.15) is 35.8 Å². The Morgan fingerprint density at radius 2 is 1.93 bits per heavy atom. The third-order valence-corrected chi connectivity index (χ3v) is 7.33. The number of carbonyl (C=O) groups excluding carboxylic acids is 2. The molecule has 0 saturated carbocycles. The Balaban J connectivity index is 1.57. The van der Waals surface area contributed by atoms with Gasteiger partial charge < -0.3 is 19.7 Å². The number of nitrogens with zero attached hydrogens (tertiary/aromatic N) is 4. The lowest BCUT2D eigenvalue weighted by molar-refractivity contribution is -0.142. The quantitative estimate of drug-likeness (QED) is 0.184. The van der Waals surface area contributed by atoms with Crippen molar-refractivity contribution in [2.45, 2.75) is 32.0 Å². The predicted octanol–water partition coefficient (Wildman–Crippen LogP) is 6.33. The summed E-state index contributed by atoms with van der Waals surface area (Å²) >= 11 is 1.16. The Morgan fingerprint density at radius 1 is 1.12 bits per heavy atom. The molecule has 14 heteroatoms. The van der Waals surface area contributed by atoms with Crippen molar-refractivity contribution in [3.05, 3.63) is 77.3 Å². The van der Waals surface area contributed by atoms with E-state index in [2.05, 4.69) is 20.5 Å². The van der Waals surface area contributed by atoms with Gasteiger partial charge in [0.1, 0.15) is 28.6 Å². The van der Waals surface area contributed by atoms with Crippen LogP contribution in [0.3, 0.4) is 0 Å². The van der Waals surface area contributed by atoms with Gasteiger partial charge in [-0.25, -0.2) is 9.37 Å². The van der Waals surface area contributed by atoms with E-state index in [9.17, 15) is 27.2 Å². The van der Waals surface area contributed by atoms with Crippen molar-refractivity contribution in [3.63, 3.8) is 0 Å². The lowest BCUT2D eigenvalue weighted by atomic mass is 10.1. The van der Waals surface area contributed by atoms with Crippen LogP contribution in [0.5, 0.6) is 11.5 Å². The summed E-state index contributed by atoms with van der Waals surface area (Å²) in [7, 11) is 0. The van der Waals surface area contributed by atoms with Crippen LogP contribution >= 0.6 is 11.3 Å². The molecule has 0 aliphatic carbocycles. The smallest absolute Gasteiger partial charge is 0.422 e. The van der Waals surface area contributed by atoms with E-state index in [4.69, 9.17) is 9.47 Å². The number of anilines is 2. The molecule has 1 aliphatic rings. The van der Waals surface area contributed by atoms with Crippen LogP contribution in [-0.4, -0.2) is 46.3 Å². The molecule has 1 fully saturated rings. The molecule has 2 aromatic carbocycles. The molecule has 0 radical (unpaired) electrons. The highest BCUT2D eigenvalue weighted by Gasteiger charge is 2.43. The van der Waals surface area contributed by atoms with E-state index < -0.39 is 47.0 Å². The molecule has 0 spiro atoms. The number of para-hydroxylation sites is 1. The minimum absolute atomic E-state index is 0.0177. The van der Waals surface area contributed by atoms with Crippen molar-refractivity contribution in [3.8, 4) is 22.1 Å². The highest BCUT2D eigenvalue weighted by molar-refractivity contribution is 7.13.